The first-order valence-corrected chi connectivity index (χ1v) is 7.90. The van der Waals surface area contributed by atoms with Crippen LogP contribution in [0, 0.1) is 0 Å². The molecule has 2 aliphatic heterocycles. The van der Waals surface area contributed by atoms with Crippen molar-refractivity contribution >= 4 is 11.8 Å². The van der Waals surface area contributed by atoms with Crippen molar-refractivity contribution in [3.8, 4) is 0 Å². The van der Waals surface area contributed by atoms with Crippen LogP contribution in [0.4, 0.5) is 0 Å². The summed E-state index contributed by atoms with van der Waals surface area (Å²) in [6, 6.07) is 0. The molecule has 2 saturated heterocycles. The zero-order chi connectivity index (χ0) is 14.2. The number of likely N-dealkylation sites (tertiary alicyclic amines) is 1. The summed E-state index contributed by atoms with van der Waals surface area (Å²) in [5.41, 5.74) is 0. The fourth-order valence-corrected chi connectivity index (χ4v) is 2.84. The van der Waals surface area contributed by atoms with Crippen molar-refractivity contribution in [1.29, 1.82) is 0 Å². The molecule has 2 heterocycles. The standard InChI is InChI=1S/C15H26N2O3/c18-14(16-8-3-1-2-4-9-16)6-5-7-15(19)17-10-12-20-13-11-17/h1-13H2. The van der Waals surface area contributed by atoms with Crippen LogP contribution in [-0.4, -0.2) is 61.0 Å². The minimum atomic E-state index is 0.164. The summed E-state index contributed by atoms with van der Waals surface area (Å²) in [7, 11) is 0. The normalized spacial score (nSPS) is 20.6. The highest BCUT2D eigenvalue weighted by Crippen LogP contribution is 2.12. The van der Waals surface area contributed by atoms with Gasteiger partial charge in [-0.2, -0.15) is 0 Å². The van der Waals surface area contributed by atoms with Gasteiger partial charge in [0.15, 0.2) is 0 Å². The summed E-state index contributed by atoms with van der Waals surface area (Å²) >= 11 is 0. The van der Waals surface area contributed by atoms with E-state index in [1.165, 1.54) is 12.8 Å². The number of nitrogens with zero attached hydrogens (tertiary/aromatic N) is 2. The van der Waals surface area contributed by atoms with Crippen LogP contribution in [0.3, 0.4) is 0 Å². The zero-order valence-electron chi connectivity index (χ0n) is 12.3. The Morgan fingerprint density at radius 3 is 1.80 bits per heavy atom. The second kappa shape index (κ2) is 8.25. The highest BCUT2D eigenvalue weighted by Gasteiger charge is 2.18. The summed E-state index contributed by atoms with van der Waals surface area (Å²) < 4.78 is 5.23. The maximum Gasteiger partial charge on any atom is 0.222 e. The molecule has 0 spiro atoms. The van der Waals surface area contributed by atoms with Crippen LogP contribution in [0.25, 0.3) is 0 Å². The highest BCUT2D eigenvalue weighted by molar-refractivity contribution is 5.79. The predicted octanol–water partition coefficient (Wildman–Crippen LogP) is 1.42. The van der Waals surface area contributed by atoms with E-state index in [-0.39, 0.29) is 11.8 Å². The predicted molar refractivity (Wildman–Crippen MR) is 76.3 cm³/mol. The summed E-state index contributed by atoms with van der Waals surface area (Å²) in [6.07, 6.45) is 6.39. The monoisotopic (exact) mass is 282 g/mol. The molecule has 114 valence electrons. The van der Waals surface area contributed by atoms with Crippen LogP contribution in [0.15, 0.2) is 0 Å². The molecule has 0 unspecified atom stereocenters. The van der Waals surface area contributed by atoms with Gasteiger partial charge in [-0.25, -0.2) is 0 Å². The molecule has 0 atom stereocenters. The quantitative estimate of drug-likeness (QED) is 0.783. The van der Waals surface area contributed by atoms with Gasteiger partial charge in [-0.15, -0.1) is 0 Å². The Labute approximate surface area is 121 Å². The Morgan fingerprint density at radius 2 is 1.25 bits per heavy atom. The van der Waals surface area contributed by atoms with Crippen LogP contribution in [-0.2, 0) is 14.3 Å². The molecule has 0 radical (unpaired) electrons. The van der Waals surface area contributed by atoms with E-state index in [2.05, 4.69) is 0 Å². The molecule has 0 aliphatic carbocycles. The van der Waals surface area contributed by atoms with Gasteiger partial charge in [-0.1, -0.05) is 12.8 Å². The average molecular weight is 282 g/mol. The summed E-state index contributed by atoms with van der Waals surface area (Å²) in [6.45, 7) is 4.46. The molecule has 0 bridgehead atoms. The Bertz CT molecular complexity index is 319. The van der Waals surface area contributed by atoms with E-state index in [0.717, 1.165) is 25.9 Å². The van der Waals surface area contributed by atoms with E-state index in [4.69, 9.17) is 4.74 Å². The fraction of sp³-hybridized carbons (Fsp3) is 0.867. The minimum absolute atomic E-state index is 0.164. The third-order valence-corrected chi connectivity index (χ3v) is 4.10. The Balaban J connectivity index is 1.64. The van der Waals surface area contributed by atoms with Gasteiger partial charge < -0.3 is 14.5 Å². The van der Waals surface area contributed by atoms with Crippen LogP contribution in [0.5, 0.6) is 0 Å². The Kier molecular flexibility index (Phi) is 6.30. The smallest absolute Gasteiger partial charge is 0.222 e. The van der Waals surface area contributed by atoms with Crippen molar-refractivity contribution in [3.05, 3.63) is 0 Å². The van der Waals surface area contributed by atoms with Crippen LogP contribution in [0.2, 0.25) is 0 Å². The van der Waals surface area contributed by atoms with E-state index in [9.17, 15) is 9.59 Å². The van der Waals surface area contributed by atoms with Gasteiger partial charge in [0.2, 0.25) is 11.8 Å². The molecule has 0 aromatic rings. The number of carbonyl (C=O) groups excluding carboxylic acids is 2. The van der Waals surface area contributed by atoms with Crippen LogP contribution < -0.4 is 0 Å². The number of rotatable bonds is 4. The molecule has 2 amide bonds. The average Bonchev–Trinajstić information content (AvgIpc) is 2.77. The van der Waals surface area contributed by atoms with E-state index < -0.39 is 0 Å². The molecule has 0 aromatic heterocycles. The molecular formula is C15H26N2O3. The third kappa shape index (κ3) is 4.78. The summed E-state index contributed by atoms with van der Waals surface area (Å²) in [5.74, 6) is 0.388. The first-order chi connectivity index (χ1) is 9.77. The minimum Gasteiger partial charge on any atom is -0.378 e. The Morgan fingerprint density at radius 1 is 0.750 bits per heavy atom. The third-order valence-electron chi connectivity index (χ3n) is 4.10. The largest absolute Gasteiger partial charge is 0.378 e. The fourth-order valence-electron chi connectivity index (χ4n) is 2.84. The van der Waals surface area contributed by atoms with E-state index in [1.54, 1.807) is 0 Å². The Hall–Kier alpha value is -1.10. The van der Waals surface area contributed by atoms with Crippen LogP contribution in [0.1, 0.15) is 44.9 Å². The lowest BCUT2D eigenvalue weighted by molar-refractivity contribution is -0.135. The summed E-state index contributed by atoms with van der Waals surface area (Å²) in [5, 5.41) is 0. The number of hydrogen-bond acceptors (Lipinski definition) is 3. The number of amides is 2. The molecule has 20 heavy (non-hydrogen) atoms. The van der Waals surface area contributed by atoms with Gasteiger partial charge in [0.25, 0.3) is 0 Å². The van der Waals surface area contributed by atoms with Gasteiger partial charge in [0.1, 0.15) is 0 Å². The molecule has 2 fully saturated rings. The molecule has 0 N–H and O–H groups in total. The lowest BCUT2D eigenvalue weighted by atomic mass is 10.2. The van der Waals surface area contributed by atoms with Crippen molar-refractivity contribution in [3.63, 3.8) is 0 Å². The van der Waals surface area contributed by atoms with E-state index >= 15 is 0 Å². The first-order valence-electron chi connectivity index (χ1n) is 7.90. The van der Waals surface area contributed by atoms with Gasteiger partial charge in [-0.3, -0.25) is 9.59 Å². The molecule has 5 heteroatoms. The number of morpholine rings is 1. The molecule has 5 nitrogen and oxygen atoms in total. The number of hydrogen-bond donors (Lipinski definition) is 0. The zero-order valence-corrected chi connectivity index (χ0v) is 12.3. The first kappa shape index (κ1) is 15.3. The van der Waals surface area contributed by atoms with Crippen molar-refractivity contribution in [2.45, 2.75) is 44.9 Å². The van der Waals surface area contributed by atoms with Gasteiger partial charge in [-0.05, 0) is 19.3 Å². The van der Waals surface area contributed by atoms with E-state index in [1.807, 2.05) is 9.80 Å². The number of carbonyl (C=O) groups is 2. The van der Waals surface area contributed by atoms with Crippen molar-refractivity contribution < 1.29 is 14.3 Å². The summed E-state index contributed by atoms with van der Waals surface area (Å²) in [4.78, 5) is 27.9. The maximum atomic E-state index is 12.1. The molecular weight excluding hydrogens is 256 g/mol. The topological polar surface area (TPSA) is 49.9 Å². The van der Waals surface area contributed by atoms with Gasteiger partial charge >= 0.3 is 0 Å². The molecule has 0 saturated carbocycles. The molecule has 0 aromatic carbocycles. The molecule has 2 aliphatic rings. The van der Waals surface area contributed by atoms with Crippen molar-refractivity contribution in [2.75, 3.05) is 39.4 Å². The SMILES string of the molecule is O=C(CCCC(=O)N1CCOCC1)N1CCCCCC1. The lowest BCUT2D eigenvalue weighted by Crippen LogP contribution is -2.40. The highest BCUT2D eigenvalue weighted by atomic mass is 16.5. The second-order valence-electron chi connectivity index (χ2n) is 5.64. The molecule has 2 rings (SSSR count). The van der Waals surface area contributed by atoms with Crippen LogP contribution >= 0.6 is 0 Å². The van der Waals surface area contributed by atoms with Gasteiger partial charge in [0.05, 0.1) is 13.2 Å². The number of ether oxygens (including phenoxy) is 1. The van der Waals surface area contributed by atoms with Crippen molar-refractivity contribution in [2.24, 2.45) is 0 Å². The van der Waals surface area contributed by atoms with Gasteiger partial charge in [0, 0.05) is 39.0 Å². The lowest BCUT2D eigenvalue weighted by Gasteiger charge is -2.27. The van der Waals surface area contributed by atoms with Crippen molar-refractivity contribution in [1.82, 2.24) is 9.80 Å². The van der Waals surface area contributed by atoms with E-state index in [0.29, 0.717) is 45.6 Å². The second-order valence-corrected chi connectivity index (χ2v) is 5.64. The maximum absolute atomic E-state index is 12.1.